The summed E-state index contributed by atoms with van der Waals surface area (Å²) in [7, 11) is 1.61. The Morgan fingerprint density at radius 2 is 1.02 bits per heavy atom. The summed E-state index contributed by atoms with van der Waals surface area (Å²) in [5.74, 6) is -0.158. The normalized spacial score (nSPS) is 14.4. The molecule has 0 saturated heterocycles. The van der Waals surface area contributed by atoms with Gasteiger partial charge in [0.15, 0.2) is 0 Å². The van der Waals surface area contributed by atoms with Crippen LogP contribution in [0.1, 0.15) is 232 Å². The van der Waals surface area contributed by atoms with Gasteiger partial charge in [-0.1, -0.05) is 212 Å². The third-order valence-electron chi connectivity index (χ3n) is 11.2. The molecule has 0 aromatic heterocycles. The van der Waals surface area contributed by atoms with Crippen LogP contribution in [0, 0.1) is 0 Å². The molecule has 0 aliphatic rings. The number of quaternary nitrogens is 1. The Kier molecular flexibility index (Phi) is 40.6. The lowest BCUT2D eigenvalue weighted by molar-refractivity contribution is -0.870. The summed E-state index contributed by atoms with van der Waals surface area (Å²) in [6.07, 6.45) is 49.3. The topological polar surface area (TPSA) is 105 Å². The van der Waals surface area contributed by atoms with Crippen LogP contribution in [0.5, 0.6) is 0 Å². The zero-order valence-electron chi connectivity index (χ0n) is 39.0. The fourth-order valence-corrected chi connectivity index (χ4v) is 8.00. The molecule has 0 bridgehead atoms. The van der Waals surface area contributed by atoms with Crippen molar-refractivity contribution in [2.45, 2.75) is 244 Å². The summed E-state index contributed by atoms with van der Waals surface area (Å²) in [5.41, 5.74) is 0. The van der Waals surface area contributed by atoms with Gasteiger partial charge >= 0.3 is 7.82 Å². The van der Waals surface area contributed by atoms with Gasteiger partial charge in [0.25, 0.3) is 0 Å². The number of carbonyl (C=O) groups is 1. The number of likely N-dealkylation sites (N-methyl/N-ethyl adjacent to an activating group) is 1. The summed E-state index contributed by atoms with van der Waals surface area (Å²) in [5, 5.41) is 14.0. The van der Waals surface area contributed by atoms with Crippen molar-refractivity contribution >= 4 is 13.7 Å². The Balaban J connectivity index is 4.21. The molecule has 1 amide bonds. The number of hydrogen-bond acceptors (Lipinski definition) is 5. The van der Waals surface area contributed by atoms with Crippen LogP contribution >= 0.6 is 7.82 Å². The van der Waals surface area contributed by atoms with Gasteiger partial charge < -0.3 is 19.8 Å². The molecule has 3 atom stereocenters. The van der Waals surface area contributed by atoms with E-state index in [0.29, 0.717) is 23.9 Å². The molecule has 344 valence electrons. The first-order valence-corrected chi connectivity index (χ1v) is 26.2. The molecule has 0 aromatic carbocycles. The standard InChI is InChI=1S/C49H97N2O6P/c1-6-8-10-12-14-16-18-20-21-22-23-24-25-26-27-28-29-31-32-34-36-38-40-42-48(52)47(46-57-58(54,55)56-45-44-51(3,4)5)50-49(53)43-41-39-37-35-33-30-19-17-15-13-11-9-7-2/h11,13,17,19,47-48,52H,6-10,12,14-16,18,20-46H2,1-5H3,(H-,50,53,54,55)/p+1/b13-11-,19-17-. The number of phosphoric ester groups is 1. The Morgan fingerprint density at radius 1 is 0.586 bits per heavy atom. The summed E-state index contributed by atoms with van der Waals surface area (Å²) in [6.45, 7) is 4.83. The predicted octanol–water partition coefficient (Wildman–Crippen LogP) is 14.1. The molecule has 3 unspecified atom stereocenters. The monoisotopic (exact) mass is 842 g/mol. The van der Waals surface area contributed by atoms with E-state index in [-0.39, 0.29) is 19.1 Å². The number of aliphatic hydroxyl groups excluding tert-OH is 1. The van der Waals surface area contributed by atoms with Gasteiger partial charge in [-0.05, 0) is 38.5 Å². The number of hydrogen-bond donors (Lipinski definition) is 3. The number of aliphatic hydroxyl groups is 1. The molecule has 0 aromatic rings. The third-order valence-corrected chi connectivity index (χ3v) is 12.2. The Labute approximate surface area is 360 Å². The molecule has 8 nitrogen and oxygen atoms in total. The van der Waals surface area contributed by atoms with Crippen LogP contribution in [0.2, 0.25) is 0 Å². The van der Waals surface area contributed by atoms with Gasteiger partial charge in [-0.3, -0.25) is 13.8 Å². The molecule has 0 aliphatic heterocycles. The third kappa shape index (κ3) is 43.1. The highest BCUT2D eigenvalue weighted by molar-refractivity contribution is 7.47. The largest absolute Gasteiger partial charge is 0.472 e. The second-order valence-corrected chi connectivity index (χ2v) is 19.6. The molecule has 9 heteroatoms. The van der Waals surface area contributed by atoms with E-state index in [1.165, 1.54) is 135 Å². The average molecular weight is 842 g/mol. The van der Waals surface area contributed by atoms with Gasteiger partial charge in [0.05, 0.1) is 39.9 Å². The summed E-state index contributed by atoms with van der Waals surface area (Å²) in [6, 6.07) is -0.765. The average Bonchev–Trinajstić information content (AvgIpc) is 3.17. The number of carbonyl (C=O) groups excluding carboxylic acids is 1. The highest BCUT2D eigenvalue weighted by Crippen LogP contribution is 2.43. The summed E-state index contributed by atoms with van der Waals surface area (Å²) >= 11 is 0. The molecule has 0 rings (SSSR count). The Bertz CT molecular complexity index is 1000. The fraction of sp³-hybridized carbons (Fsp3) is 0.898. The molecule has 0 heterocycles. The first-order valence-electron chi connectivity index (χ1n) is 24.7. The van der Waals surface area contributed by atoms with E-state index in [1.807, 2.05) is 21.1 Å². The maximum atomic E-state index is 12.9. The lowest BCUT2D eigenvalue weighted by atomic mass is 10.0. The second kappa shape index (κ2) is 41.3. The van der Waals surface area contributed by atoms with Gasteiger partial charge in [-0.25, -0.2) is 4.57 Å². The molecule has 58 heavy (non-hydrogen) atoms. The minimum atomic E-state index is -4.32. The molecular weight excluding hydrogens is 744 g/mol. The summed E-state index contributed by atoms with van der Waals surface area (Å²) in [4.78, 5) is 23.2. The zero-order valence-corrected chi connectivity index (χ0v) is 39.9. The van der Waals surface area contributed by atoms with E-state index in [0.717, 1.165) is 70.6 Å². The van der Waals surface area contributed by atoms with Crippen LogP contribution in [-0.2, 0) is 18.4 Å². The van der Waals surface area contributed by atoms with E-state index in [4.69, 9.17) is 9.05 Å². The Hall–Kier alpha value is -1.02. The van der Waals surface area contributed by atoms with E-state index in [9.17, 15) is 19.4 Å². The van der Waals surface area contributed by atoms with E-state index in [1.54, 1.807) is 0 Å². The van der Waals surface area contributed by atoms with Gasteiger partial charge in [0.1, 0.15) is 13.2 Å². The number of nitrogens with zero attached hydrogens (tertiary/aromatic N) is 1. The van der Waals surface area contributed by atoms with Crippen molar-refractivity contribution in [1.82, 2.24) is 5.32 Å². The number of allylic oxidation sites excluding steroid dienone is 4. The molecule has 0 fully saturated rings. The van der Waals surface area contributed by atoms with Crippen LogP contribution in [0.4, 0.5) is 0 Å². The van der Waals surface area contributed by atoms with Crippen molar-refractivity contribution < 1.29 is 32.9 Å². The van der Waals surface area contributed by atoms with Crippen molar-refractivity contribution in [3.63, 3.8) is 0 Å². The number of nitrogens with one attached hydrogen (secondary N) is 1. The first-order chi connectivity index (χ1) is 28.0. The molecule has 3 N–H and O–H groups in total. The summed E-state index contributed by atoms with van der Waals surface area (Å²) < 4.78 is 23.7. The highest BCUT2D eigenvalue weighted by atomic mass is 31.2. The van der Waals surface area contributed by atoms with E-state index in [2.05, 4.69) is 43.5 Å². The number of unbranched alkanes of at least 4 members (excludes halogenated alkanes) is 28. The molecular formula is C49H98N2O6P+. The van der Waals surface area contributed by atoms with Crippen LogP contribution in [-0.4, -0.2) is 73.4 Å². The van der Waals surface area contributed by atoms with Crippen molar-refractivity contribution in [2.24, 2.45) is 0 Å². The van der Waals surface area contributed by atoms with Crippen LogP contribution in [0.3, 0.4) is 0 Å². The molecule has 0 radical (unpaired) electrons. The van der Waals surface area contributed by atoms with Crippen LogP contribution < -0.4 is 5.32 Å². The lowest BCUT2D eigenvalue weighted by Gasteiger charge is -2.26. The van der Waals surface area contributed by atoms with Crippen molar-refractivity contribution in [3.8, 4) is 0 Å². The smallest absolute Gasteiger partial charge is 0.391 e. The minimum Gasteiger partial charge on any atom is -0.391 e. The molecule has 0 aliphatic carbocycles. The highest BCUT2D eigenvalue weighted by Gasteiger charge is 2.28. The minimum absolute atomic E-state index is 0.0725. The quantitative estimate of drug-likeness (QED) is 0.0244. The van der Waals surface area contributed by atoms with Crippen LogP contribution in [0.15, 0.2) is 24.3 Å². The maximum Gasteiger partial charge on any atom is 0.472 e. The fourth-order valence-electron chi connectivity index (χ4n) is 7.26. The zero-order chi connectivity index (χ0) is 42.8. The van der Waals surface area contributed by atoms with Crippen molar-refractivity contribution in [3.05, 3.63) is 24.3 Å². The SMILES string of the molecule is CCC/C=C\C/C=C\CCCCCCCC(=O)NC(COP(=O)(O)OCC[N+](C)(C)C)C(O)CCCCCCCCCCCCCCCCCCCCCCCCC. The van der Waals surface area contributed by atoms with Crippen molar-refractivity contribution in [1.29, 1.82) is 0 Å². The van der Waals surface area contributed by atoms with Gasteiger partial charge in [0, 0.05) is 6.42 Å². The number of phosphoric acid groups is 1. The maximum absolute atomic E-state index is 12.9. The van der Waals surface area contributed by atoms with Crippen LogP contribution in [0.25, 0.3) is 0 Å². The number of rotatable bonds is 45. The van der Waals surface area contributed by atoms with Crippen molar-refractivity contribution in [2.75, 3.05) is 40.9 Å². The van der Waals surface area contributed by atoms with E-state index >= 15 is 0 Å². The van der Waals surface area contributed by atoms with Gasteiger partial charge in [0.2, 0.25) is 5.91 Å². The first kappa shape index (κ1) is 57.0. The van der Waals surface area contributed by atoms with E-state index < -0.39 is 20.0 Å². The molecule has 0 spiro atoms. The molecule has 0 saturated carbocycles. The van der Waals surface area contributed by atoms with Gasteiger partial charge in [-0.2, -0.15) is 0 Å². The van der Waals surface area contributed by atoms with Gasteiger partial charge in [-0.15, -0.1) is 0 Å². The predicted molar refractivity (Wildman–Crippen MR) is 249 cm³/mol. The second-order valence-electron chi connectivity index (χ2n) is 18.2. The lowest BCUT2D eigenvalue weighted by Crippen LogP contribution is -2.46. The Morgan fingerprint density at radius 3 is 1.48 bits per heavy atom. The number of amides is 1.